The van der Waals surface area contributed by atoms with Crippen LogP contribution in [0.1, 0.15) is 12.8 Å². The first-order valence-corrected chi connectivity index (χ1v) is 3.75. The summed E-state index contributed by atoms with van der Waals surface area (Å²) in [6, 6.07) is 0.522. The highest BCUT2D eigenvalue weighted by molar-refractivity contribution is 5.58. The second-order valence-corrected chi connectivity index (χ2v) is 2.90. The zero-order valence-corrected chi connectivity index (χ0v) is 6.16. The third-order valence-electron chi connectivity index (χ3n) is 2.18. The largest absolute Gasteiger partial charge is 0.358 e. The molecule has 0 aromatic heterocycles. The number of aliphatic imine (C=N–C) groups is 1. The van der Waals surface area contributed by atoms with E-state index in [-0.39, 0.29) is 6.23 Å². The fraction of sp³-hybridized carbons (Fsp3) is 0.857. The Kier molecular flexibility index (Phi) is 1.38. The first-order chi connectivity index (χ1) is 4.88. The lowest BCUT2D eigenvalue weighted by atomic mass is 10.1. The van der Waals surface area contributed by atoms with Gasteiger partial charge in [0, 0.05) is 13.7 Å². The Hall–Kier alpha value is -0.570. The van der Waals surface area contributed by atoms with Gasteiger partial charge < -0.3 is 9.64 Å². The predicted molar refractivity (Wildman–Crippen MR) is 39.0 cm³/mol. The Morgan fingerprint density at radius 1 is 1.70 bits per heavy atom. The van der Waals surface area contributed by atoms with Gasteiger partial charge in [-0.2, -0.15) is 0 Å². The van der Waals surface area contributed by atoms with Crippen LogP contribution in [-0.2, 0) is 4.74 Å². The Morgan fingerprint density at radius 2 is 2.60 bits per heavy atom. The van der Waals surface area contributed by atoms with Crippen LogP contribution in [0.5, 0.6) is 0 Å². The summed E-state index contributed by atoms with van der Waals surface area (Å²) in [5.41, 5.74) is 0. The molecule has 0 radical (unpaired) electrons. The molecule has 2 rings (SSSR count). The van der Waals surface area contributed by atoms with E-state index in [1.165, 1.54) is 12.8 Å². The normalized spacial score (nSPS) is 38.3. The maximum Gasteiger partial charge on any atom is 0.170 e. The SMILES string of the molecule is CN1C=NC2OCCCC21. The van der Waals surface area contributed by atoms with Gasteiger partial charge in [0.25, 0.3) is 0 Å². The number of rotatable bonds is 0. The Balaban J connectivity index is 2.07. The van der Waals surface area contributed by atoms with Gasteiger partial charge in [-0.15, -0.1) is 0 Å². The zero-order valence-electron chi connectivity index (χ0n) is 6.16. The molecule has 0 N–H and O–H groups in total. The average molecular weight is 140 g/mol. The van der Waals surface area contributed by atoms with Crippen molar-refractivity contribution in [3.05, 3.63) is 0 Å². The molecule has 2 atom stereocenters. The lowest BCUT2D eigenvalue weighted by molar-refractivity contribution is -0.00960. The van der Waals surface area contributed by atoms with Crippen molar-refractivity contribution in [1.82, 2.24) is 4.90 Å². The molecule has 0 bridgehead atoms. The standard InChI is InChI=1S/C7H12N2O/c1-9-5-8-7-6(9)3-2-4-10-7/h5-7H,2-4H2,1H3. The number of likely N-dealkylation sites (N-methyl/N-ethyl adjacent to an activating group) is 1. The van der Waals surface area contributed by atoms with Crippen LogP contribution in [-0.4, -0.2) is 37.2 Å². The topological polar surface area (TPSA) is 24.8 Å². The second-order valence-electron chi connectivity index (χ2n) is 2.90. The fourth-order valence-corrected chi connectivity index (χ4v) is 1.55. The summed E-state index contributed by atoms with van der Waals surface area (Å²) in [6.45, 7) is 0.881. The predicted octanol–water partition coefficient (Wildman–Crippen LogP) is 0.465. The lowest BCUT2D eigenvalue weighted by Gasteiger charge is -2.28. The van der Waals surface area contributed by atoms with Crippen LogP contribution in [0.4, 0.5) is 0 Å². The summed E-state index contributed by atoms with van der Waals surface area (Å²) < 4.78 is 5.43. The molecule has 56 valence electrons. The molecular weight excluding hydrogens is 128 g/mol. The van der Waals surface area contributed by atoms with E-state index < -0.39 is 0 Å². The first kappa shape index (κ1) is 6.16. The van der Waals surface area contributed by atoms with Crippen molar-refractivity contribution in [3.8, 4) is 0 Å². The van der Waals surface area contributed by atoms with E-state index in [4.69, 9.17) is 4.74 Å². The van der Waals surface area contributed by atoms with Crippen molar-refractivity contribution >= 4 is 6.34 Å². The Bertz CT molecular complexity index is 158. The molecular formula is C7H12N2O. The smallest absolute Gasteiger partial charge is 0.170 e. The summed E-state index contributed by atoms with van der Waals surface area (Å²) >= 11 is 0. The number of nitrogens with zero attached hydrogens (tertiary/aromatic N) is 2. The van der Waals surface area contributed by atoms with Gasteiger partial charge in [0.1, 0.15) is 0 Å². The van der Waals surface area contributed by atoms with Gasteiger partial charge in [-0.05, 0) is 12.8 Å². The lowest BCUT2D eigenvalue weighted by Crippen LogP contribution is -2.38. The zero-order chi connectivity index (χ0) is 6.97. The Labute approximate surface area is 60.7 Å². The maximum atomic E-state index is 5.43. The van der Waals surface area contributed by atoms with Crippen LogP contribution in [0, 0.1) is 0 Å². The van der Waals surface area contributed by atoms with Crippen molar-refractivity contribution in [2.45, 2.75) is 25.1 Å². The van der Waals surface area contributed by atoms with Gasteiger partial charge in [0.15, 0.2) is 6.23 Å². The highest BCUT2D eigenvalue weighted by Gasteiger charge is 2.31. The molecule has 0 spiro atoms. The molecule has 3 nitrogen and oxygen atoms in total. The number of fused-ring (bicyclic) bond motifs is 1. The molecule has 0 aromatic carbocycles. The molecule has 0 aromatic rings. The third-order valence-corrected chi connectivity index (χ3v) is 2.18. The summed E-state index contributed by atoms with van der Waals surface area (Å²) in [7, 11) is 2.06. The fourth-order valence-electron chi connectivity index (χ4n) is 1.55. The highest BCUT2D eigenvalue weighted by Crippen LogP contribution is 2.22. The van der Waals surface area contributed by atoms with E-state index in [9.17, 15) is 0 Å². The minimum absolute atomic E-state index is 0.138. The van der Waals surface area contributed by atoms with Gasteiger partial charge >= 0.3 is 0 Å². The van der Waals surface area contributed by atoms with Crippen molar-refractivity contribution in [2.24, 2.45) is 4.99 Å². The van der Waals surface area contributed by atoms with Crippen LogP contribution in [0.2, 0.25) is 0 Å². The summed E-state index contributed by atoms with van der Waals surface area (Å²) in [4.78, 5) is 6.36. The van der Waals surface area contributed by atoms with Crippen LogP contribution >= 0.6 is 0 Å². The van der Waals surface area contributed by atoms with E-state index in [1.54, 1.807) is 0 Å². The molecule has 0 aliphatic carbocycles. The highest BCUT2D eigenvalue weighted by atomic mass is 16.5. The molecule has 1 saturated heterocycles. The van der Waals surface area contributed by atoms with Crippen LogP contribution in [0.15, 0.2) is 4.99 Å². The van der Waals surface area contributed by atoms with Gasteiger partial charge in [-0.25, -0.2) is 4.99 Å². The first-order valence-electron chi connectivity index (χ1n) is 3.75. The molecule has 2 heterocycles. The quantitative estimate of drug-likeness (QED) is 0.488. The summed E-state index contributed by atoms with van der Waals surface area (Å²) in [5, 5.41) is 0. The molecule has 10 heavy (non-hydrogen) atoms. The van der Waals surface area contributed by atoms with Crippen molar-refractivity contribution in [2.75, 3.05) is 13.7 Å². The molecule has 3 heteroatoms. The second kappa shape index (κ2) is 2.23. The van der Waals surface area contributed by atoms with Gasteiger partial charge in [-0.1, -0.05) is 0 Å². The van der Waals surface area contributed by atoms with Crippen molar-refractivity contribution in [3.63, 3.8) is 0 Å². The molecule has 0 saturated carbocycles. The monoisotopic (exact) mass is 140 g/mol. The molecule has 0 amide bonds. The molecule has 2 unspecified atom stereocenters. The molecule has 1 fully saturated rings. The average Bonchev–Trinajstić information content (AvgIpc) is 2.34. The summed E-state index contributed by atoms with van der Waals surface area (Å²) in [6.07, 6.45) is 4.41. The van der Waals surface area contributed by atoms with E-state index >= 15 is 0 Å². The van der Waals surface area contributed by atoms with E-state index in [2.05, 4.69) is 16.9 Å². The minimum atomic E-state index is 0.138. The molecule has 2 aliphatic heterocycles. The van der Waals surface area contributed by atoms with Crippen LogP contribution < -0.4 is 0 Å². The van der Waals surface area contributed by atoms with E-state index in [0.29, 0.717) is 6.04 Å². The van der Waals surface area contributed by atoms with Crippen LogP contribution in [0.3, 0.4) is 0 Å². The van der Waals surface area contributed by atoms with E-state index in [0.717, 1.165) is 6.61 Å². The molecule has 2 aliphatic rings. The minimum Gasteiger partial charge on any atom is -0.358 e. The number of hydrogen-bond donors (Lipinski definition) is 0. The third kappa shape index (κ3) is 0.814. The van der Waals surface area contributed by atoms with Gasteiger partial charge in [0.05, 0.1) is 12.4 Å². The maximum absolute atomic E-state index is 5.43. The van der Waals surface area contributed by atoms with Gasteiger partial charge in [-0.3, -0.25) is 0 Å². The Morgan fingerprint density at radius 3 is 3.40 bits per heavy atom. The van der Waals surface area contributed by atoms with Crippen LogP contribution in [0.25, 0.3) is 0 Å². The summed E-state index contributed by atoms with van der Waals surface area (Å²) in [5.74, 6) is 0. The van der Waals surface area contributed by atoms with E-state index in [1.807, 2.05) is 6.34 Å². The van der Waals surface area contributed by atoms with Crippen molar-refractivity contribution in [1.29, 1.82) is 0 Å². The van der Waals surface area contributed by atoms with Crippen molar-refractivity contribution < 1.29 is 4.74 Å². The van der Waals surface area contributed by atoms with Gasteiger partial charge in [0.2, 0.25) is 0 Å². The number of hydrogen-bond acceptors (Lipinski definition) is 3. The number of ether oxygens (including phenoxy) is 1.